The van der Waals surface area contributed by atoms with Crippen molar-refractivity contribution in [3.8, 4) is 0 Å². The molecule has 2 aromatic carbocycles. The summed E-state index contributed by atoms with van der Waals surface area (Å²) in [5.74, 6) is -0.0630. The number of hydrogen-bond donors (Lipinski definition) is 2. The second-order valence-corrected chi connectivity index (χ2v) is 5.28. The van der Waals surface area contributed by atoms with E-state index < -0.39 is 0 Å². The number of aryl methyl sites for hydroxylation is 2. The topological polar surface area (TPSA) is 44.9 Å². The summed E-state index contributed by atoms with van der Waals surface area (Å²) < 4.78 is 0. The van der Waals surface area contributed by atoms with E-state index in [9.17, 15) is 4.79 Å². The van der Waals surface area contributed by atoms with Crippen molar-refractivity contribution in [3.63, 3.8) is 0 Å². The Morgan fingerprint density at radius 3 is 2.52 bits per heavy atom. The van der Waals surface area contributed by atoms with Crippen LogP contribution < -0.4 is 5.32 Å². The number of benzene rings is 2. The van der Waals surface area contributed by atoms with Gasteiger partial charge in [0, 0.05) is 17.4 Å². The zero-order chi connectivity index (χ0) is 14.8. The number of H-pyrrole nitrogens is 1. The molecule has 1 heterocycles. The molecule has 0 atom stereocenters. The summed E-state index contributed by atoms with van der Waals surface area (Å²) in [5.41, 5.74) is 4.96. The maximum Gasteiger partial charge on any atom is 0.268 e. The lowest BCUT2D eigenvalue weighted by Gasteiger charge is -2.07. The van der Waals surface area contributed by atoms with Crippen LogP contribution in [-0.2, 0) is 6.54 Å². The van der Waals surface area contributed by atoms with Crippen LogP contribution in [0.4, 0.5) is 0 Å². The van der Waals surface area contributed by atoms with Crippen molar-refractivity contribution >= 4 is 16.8 Å². The van der Waals surface area contributed by atoms with E-state index in [4.69, 9.17) is 0 Å². The monoisotopic (exact) mass is 278 g/mol. The highest BCUT2D eigenvalue weighted by molar-refractivity contribution is 6.00. The third kappa shape index (κ3) is 2.55. The average Bonchev–Trinajstić information content (AvgIpc) is 2.84. The highest BCUT2D eigenvalue weighted by Gasteiger charge is 2.14. The quantitative estimate of drug-likeness (QED) is 0.753. The average molecular weight is 278 g/mol. The molecule has 0 spiro atoms. The fourth-order valence-corrected chi connectivity index (χ4v) is 2.58. The Bertz CT molecular complexity index is 802. The van der Waals surface area contributed by atoms with Crippen LogP contribution in [0.5, 0.6) is 0 Å². The van der Waals surface area contributed by atoms with E-state index in [0.29, 0.717) is 12.2 Å². The number of hydrogen-bond acceptors (Lipinski definition) is 1. The molecule has 0 unspecified atom stereocenters. The van der Waals surface area contributed by atoms with E-state index in [1.807, 2.05) is 49.4 Å². The van der Waals surface area contributed by atoms with E-state index in [1.54, 1.807) is 0 Å². The standard InChI is InChI=1S/C18H18N2O/c1-12-7-3-4-8-14(12)11-19-18(21)17-13(2)15-9-5-6-10-16(15)20-17/h3-10,20H,11H2,1-2H3,(H,19,21). The van der Waals surface area contributed by atoms with E-state index >= 15 is 0 Å². The van der Waals surface area contributed by atoms with Crippen LogP contribution in [0.25, 0.3) is 10.9 Å². The van der Waals surface area contributed by atoms with Crippen molar-refractivity contribution < 1.29 is 4.79 Å². The molecule has 0 saturated heterocycles. The van der Waals surface area contributed by atoms with Gasteiger partial charge in [-0.05, 0) is 36.6 Å². The Hall–Kier alpha value is -2.55. The molecule has 0 aliphatic rings. The zero-order valence-electron chi connectivity index (χ0n) is 12.2. The molecular formula is C18H18N2O. The van der Waals surface area contributed by atoms with Gasteiger partial charge in [0.1, 0.15) is 5.69 Å². The molecule has 3 heteroatoms. The summed E-state index contributed by atoms with van der Waals surface area (Å²) in [6.07, 6.45) is 0. The molecule has 21 heavy (non-hydrogen) atoms. The first-order chi connectivity index (χ1) is 10.2. The van der Waals surface area contributed by atoms with Crippen molar-refractivity contribution in [2.45, 2.75) is 20.4 Å². The molecule has 1 aromatic heterocycles. The van der Waals surface area contributed by atoms with Gasteiger partial charge < -0.3 is 10.3 Å². The number of fused-ring (bicyclic) bond motifs is 1. The second-order valence-electron chi connectivity index (χ2n) is 5.28. The van der Waals surface area contributed by atoms with Crippen LogP contribution in [0, 0.1) is 13.8 Å². The lowest BCUT2D eigenvalue weighted by Crippen LogP contribution is -2.24. The van der Waals surface area contributed by atoms with Gasteiger partial charge in [-0.25, -0.2) is 0 Å². The van der Waals surface area contributed by atoms with Crippen molar-refractivity contribution in [2.75, 3.05) is 0 Å². The molecule has 0 radical (unpaired) electrons. The molecule has 0 aliphatic carbocycles. The summed E-state index contributed by atoms with van der Waals surface area (Å²) in [6, 6.07) is 16.0. The van der Waals surface area contributed by atoms with Crippen LogP contribution in [0.3, 0.4) is 0 Å². The van der Waals surface area contributed by atoms with Gasteiger partial charge in [-0.2, -0.15) is 0 Å². The molecule has 0 aliphatic heterocycles. The van der Waals surface area contributed by atoms with E-state index in [1.165, 1.54) is 5.56 Å². The summed E-state index contributed by atoms with van der Waals surface area (Å²) in [5, 5.41) is 4.08. The Morgan fingerprint density at radius 2 is 1.76 bits per heavy atom. The summed E-state index contributed by atoms with van der Waals surface area (Å²) >= 11 is 0. The number of carbonyl (C=O) groups excluding carboxylic acids is 1. The number of amides is 1. The fraction of sp³-hybridized carbons (Fsp3) is 0.167. The Balaban J connectivity index is 1.81. The van der Waals surface area contributed by atoms with Crippen molar-refractivity contribution in [2.24, 2.45) is 0 Å². The predicted octanol–water partition coefficient (Wildman–Crippen LogP) is 3.71. The number of aromatic amines is 1. The van der Waals surface area contributed by atoms with Crippen molar-refractivity contribution in [1.29, 1.82) is 0 Å². The van der Waals surface area contributed by atoms with Gasteiger partial charge in [0.05, 0.1) is 0 Å². The van der Waals surface area contributed by atoms with Crippen molar-refractivity contribution in [1.82, 2.24) is 10.3 Å². The SMILES string of the molecule is Cc1ccccc1CNC(=O)c1[nH]c2ccccc2c1C. The molecule has 1 amide bonds. The second kappa shape index (κ2) is 5.44. The number of para-hydroxylation sites is 1. The van der Waals surface area contributed by atoms with Gasteiger partial charge in [-0.15, -0.1) is 0 Å². The third-order valence-electron chi connectivity index (χ3n) is 3.89. The molecule has 106 valence electrons. The minimum absolute atomic E-state index is 0.0630. The molecule has 2 N–H and O–H groups in total. The third-order valence-corrected chi connectivity index (χ3v) is 3.89. The van der Waals surface area contributed by atoms with Crippen LogP contribution in [0.1, 0.15) is 27.2 Å². The van der Waals surface area contributed by atoms with Crippen LogP contribution >= 0.6 is 0 Å². The smallest absolute Gasteiger partial charge is 0.268 e. The Kier molecular flexibility index (Phi) is 3.48. The Morgan fingerprint density at radius 1 is 1.05 bits per heavy atom. The number of carbonyl (C=O) groups is 1. The van der Waals surface area contributed by atoms with Crippen molar-refractivity contribution in [3.05, 3.63) is 70.9 Å². The predicted molar refractivity (Wildman–Crippen MR) is 85.4 cm³/mol. The number of aromatic nitrogens is 1. The maximum absolute atomic E-state index is 12.4. The van der Waals surface area contributed by atoms with Crippen LogP contribution in [0.2, 0.25) is 0 Å². The molecule has 0 bridgehead atoms. The van der Waals surface area contributed by atoms with Gasteiger partial charge in [-0.1, -0.05) is 42.5 Å². The summed E-state index contributed by atoms with van der Waals surface area (Å²) in [6.45, 7) is 4.57. The lowest BCUT2D eigenvalue weighted by atomic mass is 10.1. The fourth-order valence-electron chi connectivity index (χ4n) is 2.58. The van der Waals surface area contributed by atoms with E-state index in [0.717, 1.165) is 22.0 Å². The molecule has 0 fully saturated rings. The van der Waals surface area contributed by atoms with Gasteiger partial charge in [0.15, 0.2) is 0 Å². The van der Waals surface area contributed by atoms with Gasteiger partial charge >= 0.3 is 0 Å². The largest absolute Gasteiger partial charge is 0.350 e. The first kappa shape index (κ1) is 13.4. The molecule has 3 rings (SSSR count). The van der Waals surface area contributed by atoms with Gasteiger partial charge in [0.25, 0.3) is 5.91 Å². The minimum atomic E-state index is -0.0630. The zero-order valence-corrected chi connectivity index (χ0v) is 12.2. The van der Waals surface area contributed by atoms with Crippen LogP contribution in [0.15, 0.2) is 48.5 Å². The lowest BCUT2D eigenvalue weighted by molar-refractivity contribution is 0.0946. The highest BCUT2D eigenvalue weighted by Crippen LogP contribution is 2.21. The summed E-state index contributed by atoms with van der Waals surface area (Å²) in [7, 11) is 0. The Labute approximate surface area is 124 Å². The van der Waals surface area contributed by atoms with E-state index in [2.05, 4.69) is 23.3 Å². The van der Waals surface area contributed by atoms with E-state index in [-0.39, 0.29) is 5.91 Å². The minimum Gasteiger partial charge on any atom is -0.350 e. The number of nitrogens with one attached hydrogen (secondary N) is 2. The molecule has 3 nitrogen and oxygen atoms in total. The van der Waals surface area contributed by atoms with Gasteiger partial charge in [-0.3, -0.25) is 4.79 Å². The first-order valence-electron chi connectivity index (χ1n) is 7.07. The van der Waals surface area contributed by atoms with Gasteiger partial charge in [0.2, 0.25) is 0 Å². The normalized spacial score (nSPS) is 10.8. The summed E-state index contributed by atoms with van der Waals surface area (Å²) in [4.78, 5) is 15.6. The molecule has 0 saturated carbocycles. The van der Waals surface area contributed by atoms with Crippen LogP contribution in [-0.4, -0.2) is 10.9 Å². The molecular weight excluding hydrogens is 260 g/mol. The maximum atomic E-state index is 12.4. The number of rotatable bonds is 3. The highest BCUT2D eigenvalue weighted by atomic mass is 16.1. The first-order valence-corrected chi connectivity index (χ1v) is 7.07. The molecule has 3 aromatic rings.